The molecule has 0 saturated carbocycles. The molecule has 2 aromatic heterocycles. The van der Waals surface area contributed by atoms with E-state index >= 15 is 0 Å². The van der Waals surface area contributed by atoms with Crippen LogP contribution in [0, 0.1) is 11.3 Å². The predicted molar refractivity (Wildman–Crippen MR) is 123 cm³/mol. The summed E-state index contributed by atoms with van der Waals surface area (Å²) in [6.07, 6.45) is 3.36. The molecule has 3 aromatic rings. The summed E-state index contributed by atoms with van der Waals surface area (Å²) in [7, 11) is 0. The van der Waals surface area contributed by atoms with Crippen molar-refractivity contribution >= 4 is 5.88 Å². The number of hydrogen-bond acceptors (Lipinski definition) is 7. The monoisotopic (exact) mass is 431 g/mol. The molecular weight excluding hydrogens is 402 g/mol. The molecule has 4 rings (SSSR count). The fourth-order valence-corrected chi connectivity index (χ4v) is 3.87. The fraction of sp³-hybridized carbons (Fsp3) is 0.400. The molecule has 0 bridgehead atoms. The molecular formula is C25H29N5O2. The van der Waals surface area contributed by atoms with E-state index in [9.17, 15) is 5.26 Å². The van der Waals surface area contributed by atoms with Gasteiger partial charge in [0.2, 0.25) is 17.5 Å². The van der Waals surface area contributed by atoms with E-state index in [1.54, 1.807) is 12.4 Å². The molecule has 1 aliphatic heterocycles. The number of anilines is 1. The number of benzene rings is 1. The van der Waals surface area contributed by atoms with Crippen molar-refractivity contribution in [3.63, 3.8) is 0 Å². The lowest BCUT2D eigenvalue weighted by Gasteiger charge is -2.35. The summed E-state index contributed by atoms with van der Waals surface area (Å²) < 4.78 is 11.5. The molecule has 0 amide bonds. The van der Waals surface area contributed by atoms with Crippen LogP contribution < -0.4 is 5.32 Å². The molecule has 1 aromatic carbocycles. The summed E-state index contributed by atoms with van der Waals surface area (Å²) in [6.45, 7) is 10.4. The number of ether oxygens (including phenoxy) is 1. The Bertz CT molecular complexity index is 1060. The van der Waals surface area contributed by atoms with E-state index in [0.717, 1.165) is 18.7 Å². The minimum atomic E-state index is 0.107. The zero-order chi connectivity index (χ0) is 22.6. The van der Waals surface area contributed by atoms with Crippen molar-refractivity contribution in [3.8, 4) is 17.5 Å². The number of hydrogen-bond donors (Lipinski definition) is 1. The van der Waals surface area contributed by atoms with Gasteiger partial charge in [-0.15, -0.1) is 0 Å². The predicted octanol–water partition coefficient (Wildman–Crippen LogP) is 4.39. The van der Waals surface area contributed by atoms with Gasteiger partial charge in [-0.1, -0.05) is 45.0 Å². The van der Waals surface area contributed by atoms with Gasteiger partial charge in [0.25, 0.3) is 0 Å². The normalized spacial score (nSPS) is 15.8. The summed E-state index contributed by atoms with van der Waals surface area (Å²) in [4.78, 5) is 10.8. The minimum Gasteiger partial charge on any atom is -0.419 e. The number of pyridine rings is 1. The minimum absolute atomic E-state index is 0.107. The maximum absolute atomic E-state index is 9.56. The number of morpholine rings is 1. The molecule has 7 nitrogen and oxygen atoms in total. The lowest BCUT2D eigenvalue weighted by atomic mass is 9.86. The highest BCUT2D eigenvalue weighted by molar-refractivity contribution is 5.57. The molecule has 32 heavy (non-hydrogen) atoms. The van der Waals surface area contributed by atoms with Crippen molar-refractivity contribution in [1.82, 2.24) is 14.9 Å². The quantitative estimate of drug-likeness (QED) is 0.619. The van der Waals surface area contributed by atoms with Gasteiger partial charge in [0.05, 0.1) is 24.8 Å². The summed E-state index contributed by atoms with van der Waals surface area (Å²) >= 11 is 0. The highest BCUT2D eigenvalue weighted by Gasteiger charge is 2.25. The Morgan fingerprint density at radius 2 is 1.91 bits per heavy atom. The highest BCUT2D eigenvalue weighted by atomic mass is 16.5. The van der Waals surface area contributed by atoms with Gasteiger partial charge in [-0.2, -0.15) is 10.2 Å². The fourth-order valence-electron chi connectivity index (χ4n) is 3.87. The second kappa shape index (κ2) is 9.51. The molecule has 1 aliphatic rings. The molecule has 166 valence electrons. The van der Waals surface area contributed by atoms with E-state index in [0.29, 0.717) is 31.5 Å². The Kier molecular flexibility index (Phi) is 6.54. The molecule has 3 heterocycles. The topological polar surface area (TPSA) is 87.2 Å². The molecule has 1 saturated heterocycles. The van der Waals surface area contributed by atoms with Crippen molar-refractivity contribution in [2.24, 2.45) is 0 Å². The van der Waals surface area contributed by atoms with Gasteiger partial charge < -0.3 is 14.5 Å². The van der Waals surface area contributed by atoms with Gasteiger partial charge in [0, 0.05) is 32.0 Å². The average Bonchev–Trinajstić information content (AvgIpc) is 3.24. The van der Waals surface area contributed by atoms with Crippen molar-refractivity contribution < 1.29 is 9.15 Å². The summed E-state index contributed by atoms with van der Waals surface area (Å²) in [5.41, 5.74) is 3.61. The molecule has 0 unspecified atom stereocenters. The second-order valence-corrected chi connectivity index (χ2v) is 8.97. The lowest BCUT2D eigenvalue weighted by molar-refractivity contribution is 0.0186. The number of nitriles is 1. The van der Waals surface area contributed by atoms with Crippen LogP contribution in [0.5, 0.6) is 0 Å². The van der Waals surface area contributed by atoms with Crippen LogP contribution in [0.2, 0.25) is 0 Å². The van der Waals surface area contributed by atoms with E-state index in [2.05, 4.69) is 71.3 Å². The Balaban J connectivity index is 1.57. The average molecular weight is 432 g/mol. The Labute approximate surface area is 189 Å². The molecule has 7 heteroatoms. The smallest absolute Gasteiger partial charge is 0.232 e. The molecule has 0 aliphatic carbocycles. The van der Waals surface area contributed by atoms with E-state index in [1.807, 2.05) is 12.1 Å². The van der Waals surface area contributed by atoms with Crippen molar-refractivity contribution in [2.45, 2.75) is 32.2 Å². The largest absolute Gasteiger partial charge is 0.419 e. The Morgan fingerprint density at radius 1 is 1.16 bits per heavy atom. The molecule has 0 radical (unpaired) electrons. The van der Waals surface area contributed by atoms with Crippen molar-refractivity contribution in [3.05, 3.63) is 65.6 Å². The van der Waals surface area contributed by atoms with E-state index in [4.69, 9.17) is 9.15 Å². The van der Waals surface area contributed by atoms with Gasteiger partial charge in [0.15, 0.2) is 0 Å². The van der Waals surface area contributed by atoms with Crippen molar-refractivity contribution in [1.29, 1.82) is 5.26 Å². The maximum atomic E-state index is 9.56. The van der Waals surface area contributed by atoms with Gasteiger partial charge in [-0.3, -0.25) is 9.88 Å². The highest BCUT2D eigenvalue weighted by Crippen LogP contribution is 2.29. The summed E-state index contributed by atoms with van der Waals surface area (Å²) in [6, 6.07) is 14.7. The Hall–Kier alpha value is -3.21. The van der Waals surface area contributed by atoms with Gasteiger partial charge in [-0.25, -0.2) is 0 Å². The number of oxazole rings is 1. The van der Waals surface area contributed by atoms with Gasteiger partial charge in [0.1, 0.15) is 6.07 Å². The van der Waals surface area contributed by atoms with Gasteiger partial charge >= 0.3 is 0 Å². The molecule has 1 fully saturated rings. The van der Waals surface area contributed by atoms with Crippen LogP contribution in [0.3, 0.4) is 0 Å². The third kappa shape index (κ3) is 4.98. The number of nitrogens with zero attached hydrogens (tertiary/aromatic N) is 4. The SMILES string of the molecule is CC(C)(C)c1ccc([C@H](CNc2oc(-c3cccnc3)nc2C#N)N2CCOCC2)cc1. The molecule has 0 spiro atoms. The first kappa shape index (κ1) is 22.0. The molecule has 1 N–H and O–H groups in total. The number of nitrogens with one attached hydrogen (secondary N) is 1. The van der Waals surface area contributed by atoms with Crippen LogP contribution in [0.4, 0.5) is 5.88 Å². The van der Waals surface area contributed by atoms with Crippen molar-refractivity contribution in [2.75, 3.05) is 38.2 Å². The zero-order valence-electron chi connectivity index (χ0n) is 18.8. The van der Waals surface area contributed by atoms with Crippen LogP contribution in [0.1, 0.15) is 43.6 Å². The summed E-state index contributed by atoms with van der Waals surface area (Å²) in [5, 5.41) is 12.9. The summed E-state index contributed by atoms with van der Waals surface area (Å²) in [5.74, 6) is 0.769. The van der Waals surface area contributed by atoms with Crippen LogP contribution >= 0.6 is 0 Å². The van der Waals surface area contributed by atoms with Crippen LogP contribution in [0.25, 0.3) is 11.5 Å². The first-order chi connectivity index (χ1) is 15.5. The van der Waals surface area contributed by atoms with Crippen LogP contribution in [-0.2, 0) is 10.2 Å². The number of aromatic nitrogens is 2. The standard InChI is InChI=1S/C25H29N5O2/c1-25(2,3)20-8-6-18(7-9-20)22(30-11-13-31-14-12-30)17-28-24-21(15-26)29-23(32-24)19-5-4-10-27-16-19/h4-10,16,22,28H,11-14,17H2,1-3H3/t22-/m0/s1. The zero-order valence-corrected chi connectivity index (χ0v) is 18.8. The first-order valence-corrected chi connectivity index (χ1v) is 10.9. The third-order valence-corrected chi connectivity index (χ3v) is 5.75. The third-order valence-electron chi connectivity index (χ3n) is 5.75. The van der Waals surface area contributed by atoms with E-state index < -0.39 is 0 Å². The van der Waals surface area contributed by atoms with Crippen LogP contribution in [-0.4, -0.2) is 47.7 Å². The lowest BCUT2D eigenvalue weighted by Crippen LogP contribution is -2.41. The maximum Gasteiger partial charge on any atom is 0.232 e. The van der Waals surface area contributed by atoms with Crippen LogP contribution in [0.15, 0.2) is 53.2 Å². The second-order valence-electron chi connectivity index (χ2n) is 8.97. The van der Waals surface area contributed by atoms with E-state index in [1.165, 1.54) is 11.1 Å². The molecule has 1 atom stereocenters. The van der Waals surface area contributed by atoms with E-state index in [-0.39, 0.29) is 17.2 Å². The number of rotatable bonds is 6. The first-order valence-electron chi connectivity index (χ1n) is 10.9. The Morgan fingerprint density at radius 3 is 2.53 bits per heavy atom. The van der Waals surface area contributed by atoms with Gasteiger partial charge in [-0.05, 0) is 28.7 Å².